The minimum atomic E-state index is -0.268. The first-order valence-electron chi connectivity index (χ1n) is 8.54. The predicted octanol–water partition coefficient (Wildman–Crippen LogP) is 2.00. The molecule has 132 valence electrons. The van der Waals surface area contributed by atoms with Gasteiger partial charge in [0.2, 0.25) is 11.8 Å². The number of aromatic amines is 1. The lowest BCUT2D eigenvalue weighted by Crippen LogP contribution is -2.51. The molecule has 6 heteroatoms. The van der Waals surface area contributed by atoms with E-state index in [0.29, 0.717) is 44.6 Å². The van der Waals surface area contributed by atoms with Gasteiger partial charge in [0.05, 0.1) is 6.42 Å². The molecule has 0 atom stereocenters. The average molecular weight is 343 g/mol. The highest BCUT2D eigenvalue weighted by atomic mass is 19.1. The summed E-state index contributed by atoms with van der Waals surface area (Å²) in [6, 6.07) is 10.3. The number of aromatic nitrogens is 1. The Kier molecular flexibility index (Phi) is 5.48. The van der Waals surface area contributed by atoms with Crippen LogP contribution in [0.1, 0.15) is 17.7 Å². The van der Waals surface area contributed by atoms with Crippen LogP contribution in [0, 0.1) is 5.82 Å². The summed E-state index contributed by atoms with van der Waals surface area (Å²) in [4.78, 5) is 31.1. The van der Waals surface area contributed by atoms with Crippen molar-refractivity contribution in [3.63, 3.8) is 0 Å². The van der Waals surface area contributed by atoms with Crippen LogP contribution in [-0.2, 0) is 22.4 Å². The average Bonchev–Trinajstić information content (AvgIpc) is 3.14. The Hall–Kier alpha value is -2.63. The van der Waals surface area contributed by atoms with E-state index in [1.807, 2.05) is 12.1 Å². The van der Waals surface area contributed by atoms with E-state index < -0.39 is 0 Å². The summed E-state index contributed by atoms with van der Waals surface area (Å²) >= 11 is 0. The zero-order chi connectivity index (χ0) is 17.6. The van der Waals surface area contributed by atoms with Crippen LogP contribution in [0.3, 0.4) is 0 Å². The first-order chi connectivity index (χ1) is 12.1. The minimum Gasteiger partial charge on any atom is -0.365 e. The van der Waals surface area contributed by atoms with Crippen LogP contribution in [-0.4, -0.2) is 52.8 Å². The van der Waals surface area contributed by atoms with Gasteiger partial charge < -0.3 is 14.8 Å². The van der Waals surface area contributed by atoms with Gasteiger partial charge in [-0.2, -0.15) is 0 Å². The van der Waals surface area contributed by atoms with Gasteiger partial charge in [-0.05, 0) is 30.2 Å². The number of amides is 2. The van der Waals surface area contributed by atoms with E-state index in [1.165, 1.54) is 6.07 Å². The Bertz CT molecular complexity index is 722. The van der Waals surface area contributed by atoms with Crippen LogP contribution in [0.4, 0.5) is 4.39 Å². The molecule has 0 saturated carbocycles. The summed E-state index contributed by atoms with van der Waals surface area (Å²) < 4.78 is 13.6. The van der Waals surface area contributed by atoms with Gasteiger partial charge in [-0.15, -0.1) is 0 Å². The summed E-state index contributed by atoms with van der Waals surface area (Å²) in [5, 5.41) is 0. The highest BCUT2D eigenvalue weighted by Crippen LogP contribution is 2.12. The lowest BCUT2D eigenvalue weighted by Gasteiger charge is -2.35. The number of carbonyl (C=O) groups excluding carboxylic acids is 2. The summed E-state index contributed by atoms with van der Waals surface area (Å²) in [6.45, 7) is 2.16. The van der Waals surface area contributed by atoms with Crippen LogP contribution in [0.5, 0.6) is 0 Å². The fraction of sp³-hybridized carbons (Fsp3) is 0.368. The second-order valence-electron chi connectivity index (χ2n) is 6.23. The second-order valence-corrected chi connectivity index (χ2v) is 6.23. The summed E-state index contributed by atoms with van der Waals surface area (Å²) in [7, 11) is 0. The van der Waals surface area contributed by atoms with Crippen LogP contribution in [0.15, 0.2) is 42.6 Å². The molecule has 5 nitrogen and oxygen atoms in total. The fourth-order valence-corrected chi connectivity index (χ4v) is 3.06. The number of nitrogens with one attached hydrogen (secondary N) is 1. The van der Waals surface area contributed by atoms with E-state index in [4.69, 9.17) is 0 Å². The molecule has 0 unspecified atom stereocenters. The lowest BCUT2D eigenvalue weighted by atomic mass is 10.1. The number of hydrogen-bond acceptors (Lipinski definition) is 2. The van der Waals surface area contributed by atoms with Crippen molar-refractivity contribution in [1.29, 1.82) is 0 Å². The highest BCUT2D eigenvalue weighted by molar-refractivity contribution is 5.79. The van der Waals surface area contributed by atoms with Crippen LogP contribution in [0.2, 0.25) is 0 Å². The first-order valence-corrected chi connectivity index (χ1v) is 8.54. The first kappa shape index (κ1) is 17.2. The normalized spacial score (nSPS) is 14.6. The molecule has 2 aromatic rings. The van der Waals surface area contributed by atoms with Crippen molar-refractivity contribution in [3.8, 4) is 0 Å². The molecule has 0 aliphatic carbocycles. The maximum atomic E-state index is 13.6. The van der Waals surface area contributed by atoms with Crippen LogP contribution < -0.4 is 0 Å². The van der Waals surface area contributed by atoms with E-state index in [1.54, 1.807) is 34.2 Å². The Morgan fingerprint density at radius 1 is 0.960 bits per heavy atom. The van der Waals surface area contributed by atoms with E-state index >= 15 is 0 Å². The second kappa shape index (κ2) is 7.96. The van der Waals surface area contributed by atoms with Crippen molar-refractivity contribution < 1.29 is 14.0 Å². The Morgan fingerprint density at radius 3 is 2.28 bits per heavy atom. The SMILES string of the molecule is O=C(CCc1ccccc1F)N1CCN(C(=O)Cc2ccc[nH]2)CC1. The van der Waals surface area contributed by atoms with Gasteiger partial charge in [-0.1, -0.05) is 18.2 Å². The number of H-pyrrole nitrogens is 1. The molecule has 1 aliphatic rings. The Labute approximate surface area is 146 Å². The Balaban J connectivity index is 1.44. The number of nitrogens with zero attached hydrogens (tertiary/aromatic N) is 2. The quantitative estimate of drug-likeness (QED) is 0.903. The van der Waals surface area contributed by atoms with E-state index in [9.17, 15) is 14.0 Å². The Morgan fingerprint density at radius 2 is 1.64 bits per heavy atom. The molecular formula is C19H22FN3O2. The number of piperazine rings is 1. The molecule has 1 N–H and O–H groups in total. The number of hydrogen-bond donors (Lipinski definition) is 1. The molecule has 0 radical (unpaired) electrons. The molecule has 1 fully saturated rings. The smallest absolute Gasteiger partial charge is 0.228 e. The molecule has 1 aromatic heterocycles. The van der Waals surface area contributed by atoms with Crippen molar-refractivity contribution in [2.24, 2.45) is 0 Å². The maximum absolute atomic E-state index is 13.6. The monoisotopic (exact) mass is 343 g/mol. The molecular weight excluding hydrogens is 321 g/mol. The number of rotatable bonds is 5. The van der Waals surface area contributed by atoms with E-state index in [2.05, 4.69) is 4.98 Å². The third kappa shape index (κ3) is 4.47. The van der Waals surface area contributed by atoms with Gasteiger partial charge >= 0.3 is 0 Å². The topological polar surface area (TPSA) is 56.4 Å². The zero-order valence-corrected chi connectivity index (χ0v) is 14.1. The predicted molar refractivity (Wildman–Crippen MR) is 92.4 cm³/mol. The van der Waals surface area contributed by atoms with E-state index in [0.717, 1.165) is 5.69 Å². The number of aryl methyl sites for hydroxylation is 1. The van der Waals surface area contributed by atoms with Crippen LogP contribution >= 0.6 is 0 Å². The molecule has 0 spiro atoms. The highest BCUT2D eigenvalue weighted by Gasteiger charge is 2.24. The third-order valence-corrected chi connectivity index (χ3v) is 4.56. The zero-order valence-electron chi connectivity index (χ0n) is 14.1. The summed E-state index contributed by atoms with van der Waals surface area (Å²) in [5.41, 5.74) is 1.46. The molecule has 1 aromatic carbocycles. The maximum Gasteiger partial charge on any atom is 0.228 e. The number of carbonyl (C=O) groups is 2. The largest absolute Gasteiger partial charge is 0.365 e. The van der Waals surface area contributed by atoms with E-state index in [-0.39, 0.29) is 24.1 Å². The molecule has 1 aliphatic heterocycles. The number of benzene rings is 1. The summed E-state index contributed by atoms with van der Waals surface area (Å²) in [6.07, 6.45) is 2.85. The summed E-state index contributed by atoms with van der Waals surface area (Å²) in [5.74, 6) is -0.185. The lowest BCUT2D eigenvalue weighted by molar-refractivity contribution is -0.139. The van der Waals surface area contributed by atoms with Crippen molar-refractivity contribution in [3.05, 3.63) is 59.7 Å². The van der Waals surface area contributed by atoms with Gasteiger partial charge in [-0.25, -0.2) is 4.39 Å². The van der Waals surface area contributed by atoms with Crippen molar-refractivity contribution >= 4 is 11.8 Å². The molecule has 3 rings (SSSR count). The van der Waals surface area contributed by atoms with Gasteiger partial charge in [-0.3, -0.25) is 9.59 Å². The van der Waals surface area contributed by atoms with Crippen LogP contribution in [0.25, 0.3) is 0 Å². The van der Waals surface area contributed by atoms with Gasteiger partial charge in [0, 0.05) is 44.5 Å². The van der Waals surface area contributed by atoms with Crippen molar-refractivity contribution in [1.82, 2.24) is 14.8 Å². The molecule has 0 bridgehead atoms. The standard InChI is InChI=1S/C19H22FN3O2/c20-17-6-2-1-4-15(17)7-8-18(24)22-10-12-23(13-11-22)19(25)14-16-5-3-9-21-16/h1-6,9,21H,7-8,10-14H2. The molecule has 2 heterocycles. The third-order valence-electron chi connectivity index (χ3n) is 4.56. The van der Waals surface area contributed by atoms with Gasteiger partial charge in [0.1, 0.15) is 5.82 Å². The number of halogens is 1. The molecule has 2 amide bonds. The van der Waals surface area contributed by atoms with Crippen molar-refractivity contribution in [2.45, 2.75) is 19.3 Å². The molecule has 1 saturated heterocycles. The minimum absolute atomic E-state index is 0.0136. The molecule has 25 heavy (non-hydrogen) atoms. The van der Waals surface area contributed by atoms with Gasteiger partial charge in [0.25, 0.3) is 0 Å². The van der Waals surface area contributed by atoms with Crippen molar-refractivity contribution in [2.75, 3.05) is 26.2 Å². The fourth-order valence-electron chi connectivity index (χ4n) is 3.06. The van der Waals surface area contributed by atoms with Gasteiger partial charge in [0.15, 0.2) is 0 Å².